The Morgan fingerprint density at radius 3 is 2.33 bits per heavy atom. The molecule has 2 aromatic carbocycles. The lowest BCUT2D eigenvalue weighted by Gasteiger charge is -2.11. The van der Waals surface area contributed by atoms with E-state index in [0.29, 0.717) is 16.6 Å². The lowest BCUT2D eigenvalue weighted by Crippen LogP contribution is -2.22. The molecule has 0 fully saturated rings. The molecular weight excluding hydrogens is 360 g/mol. The summed E-state index contributed by atoms with van der Waals surface area (Å²) in [6.45, 7) is 5.91. The summed E-state index contributed by atoms with van der Waals surface area (Å²) in [6.07, 6.45) is 0. The van der Waals surface area contributed by atoms with Gasteiger partial charge in [-0.2, -0.15) is 0 Å². The fraction of sp³-hybridized carbons (Fsp3) is 0.250. The number of aromatic nitrogens is 3. The van der Waals surface area contributed by atoms with E-state index in [0.717, 1.165) is 11.6 Å². The third kappa shape index (κ3) is 5.34. The van der Waals surface area contributed by atoms with Crippen LogP contribution in [0.2, 0.25) is 0 Å². The van der Waals surface area contributed by atoms with Crippen molar-refractivity contribution >= 4 is 23.4 Å². The molecule has 0 radical (unpaired) electrons. The highest BCUT2D eigenvalue weighted by atomic mass is 32.2. The van der Waals surface area contributed by atoms with Crippen molar-refractivity contribution in [3.8, 4) is 11.5 Å². The maximum absolute atomic E-state index is 12.4. The minimum Gasteiger partial charge on any atom is -0.457 e. The predicted molar refractivity (Wildman–Crippen MR) is 107 cm³/mol. The van der Waals surface area contributed by atoms with E-state index < -0.39 is 0 Å². The quantitative estimate of drug-likeness (QED) is 0.572. The van der Waals surface area contributed by atoms with Crippen LogP contribution in [0.5, 0.6) is 11.5 Å². The van der Waals surface area contributed by atoms with Crippen molar-refractivity contribution in [3.63, 3.8) is 0 Å². The maximum atomic E-state index is 12.4. The van der Waals surface area contributed by atoms with Crippen molar-refractivity contribution < 1.29 is 9.53 Å². The Hall–Kier alpha value is -2.80. The molecule has 0 unspecified atom stereocenters. The standard InChI is InChI=1S/C20H22N4O2S/c1-13(2)18-22-20(24-23-18)27-14(3)19(25)21-15-9-11-17(12-10-15)26-16-7-5-4-6-8-16/h4-14H,1-3H3,(H,21,25)(H,22,23,24)/t14-/m1/s1. The first-order valence-electron chi connectivity index (χ1n) is 8.74. The second-order valence-electron chi connectivity index (χ2n) is 6.35. The molecule has 0 aliphatic carbocycles. The van der Waals surface area contributed by atoms with Crippen molar-refractivity contribution in [3.05, 3.63) is 60.4 Å². The number of anilines is 1. The van der Waals surface area contributed by atoms with Gasteiger partial charge in [0.2, 0.25) is 11.1 Å². The second kappa shape index (κ2) is 8.73. The van der Waals surface area contributed by atoms with Crippen molar-refractivity contribution in [2.75, 3.05) is 5.32 Å². The van der Waals surface area contributed by atoms with Crippen LogP contribution in [0.1, 0.15) is 32.5 Å². The van der Waals surface area contributed by atoms with E-state index in [9.17, 15) is 4.79 Å². The molecule has 1 amide bonds. The predicted octanol–water partition coefficient (Wildman–Crippen LogP) is 4.84. The van der Waals surface area contributed by atoms with E-state index in [1.165, 1.54) is 11.8 Å². The van der Waals surface area contributed by atoms with E-state index in [-0.39, 0.29) is 17.1 Å². The Labute approximate surface area is 162 Å². The van der Waals surface area contributed by atoms with Gasteiger partial charge in [0.15, 0.2) is 0 Å². The number of nitrogens with zero attached hydrogens (tertiary/aromatic N) is 2. The van der Waals surface area contributed by atoms with Crippen molar-refractivity contribution in [2.24, 2.45) is 0 Å². The topological polar surface area (TPSA) is 79.9 Å². The van der Waals surface area contributed by atoms with E-state index >= 15 is 0 Å². The van der Waals surface area contributed by atoms with Crippen LogP contribution in [0.3, 0.4) is 0 Å². The summed E-state index contributed by atoms with van der Waals surface area (Å²) in [7, 11) is 0. The second-order valence-corrected chi connectivity index (χ2v) is 7.65. The van der Waals surface area contributed by atoms with Gasteiger partial charge in [-0.15, -0.1) is 5.10 Å². The average molecular weight is 382 g/mol. The summed E-state index contributed by atoms with van der Waals surface area (Å²) >= 11 is 1.32. The van der Waals surface area contributed by atoms with Crippen molar-refractivity contribution in [1.82, 2.24) is 15.2 Å². The number of rotatable bonds is 7. The van der Waals surface area contributed by atoms with Gasteiger partial charge in [0.05, 0.1) is 5.25 Å². The number of nitrogens with one attached hydrogen (secondary N) is 2. The molecule has 0 saturated carbocycles. The minimum absolute atomic E-state index is 0.104. The normalized spacial score (nSPS) is 12.0. The molecule has 7 heteroatoms. The minimum atomic E-state index is -0.318. The number of hydrogen-bond donors (Lipinski definition) is 2. The Morgan fingerprint density at radius 2 is 1.70 bits per heavy atom. The van der Waals surface area contributed by atoms with Crippen molar-refractivity contribution in [1.29, 1.82) is 0 Å². The summed E-state index contributed by atoms with van der Waals surface area (Å²) in [5.41, 5.74) is 0.714. The number of ether oxygens (including phenoxy) is 1. The number of amides is 1. The smallest absolute Gasteiger partial charge is 0.237 e. The molecular formula is C20H22N4O2S. The van der Waals surface area contributed by atoms with Gasteiger partial charge >= 0.3 is 0 Å². The van der Waals surface area contributed by atoms with Crippen LogP contribution in [0.15, 0.2) is 59.8 Å². The molecule has 0 aliphatic heterocycles. The largest absolute Gasteiger partial charge is 0.457 e. The zero-order chi connectivity index (χ0) is 19.2. The fourth-order valence-corrected chi connectivity index (χ4v) is 2.99. The number of aromatic amines is 1. The highest BCUT2D eigenvalue weighted by Crippen LogP contribution is 2.24. The highest BCUT2D eigenvalue weighted by Gasteiger charge is 2.18. The van der Waals surface area contributed by atoms with Gasteiger partial charge in [-0.05, 0) is 43.3 Å². The van der Waals surface area contributed by atoms with Crippen LogP contribution in [-0.2, 0) is 4.79 Å². The zero-order valence-electron chi connectivity index (χ0n) is 15.5. The van der Waals surface area contributed by atoms with Gasteiger partial charge in [-0.1, -0.05) is 43.8 Å². The summed E-state index contributed by atoms with van der Waals surface area (Å²) in [4.78, 5) is 16.8. The highest BCUT2D eigenvalue weighted by molar-refractivity contribution is 8.00. The molecule has 2 N–H and O–H groups in total. The number of H-pyrrole nitrogens is 1. The SMILES string of the molecule is CC(C)c1nc(S[C@H](C)C(=O)Nc2ccc(Oc3ccccc3)cc2)n[nH]1. The molecule has 6 nitrogen and oxygen atoms in total. The number of carbonyl (C=O) groups excluding carboxylic acids is 1. The Kier molecular flexibility index (Phi) is 6.13. The van der Waals surface area contributed by atoms with Gasteiger partial charge in [0.25, 0.3) is 0 Å². The third-order valence-electron chi connectivity index (χ3n) is 3.78. The molecule has 1 aromatic heterocycles. The Bertz CT molecular complexity index is 879. The average Bonchev–Trinajstić information content (AvgIpc) is 3.13. The Morgan fingerprint density at radius 1 is 1.04 bits per heavy atom. The summed E-state index contributed by atoms with van der Waals surface area (Å²) < 4.78 is 5.75. The zero-order valence-corrected chi connectivity index (χ0v) is 16.3. The van der Waals surface area contributed by atoms with E-state index in [1.54, 1.807) is 0 Å². The first-order chi connectivity index (χ1) is 13.0. The van der Waals surface area contributed by atoms with Crippen LogP contribution in [0.4, 0.5) is 5.69 Å². The summed E-state index contributed by atoms with van der Waals surface area (Å²) in [5, 5.41) is 10.2. The van der Waals surface area contributed by atoms with Crippen LogP contribution < -0.4 is 10.1 Å². The molecule has 3 rings (SSSR count). The first-order valence-corrected chi connectivity index (χ1v) is 9.62. The lowest BCUT2D eigenvalue weighted by atomic mass is 10.2. The van der Waals surface area contributed by atoms with Gasteiger partial charge in [-0.3, -0.25) is 9.89 Å². The van der Waals surface area contributed by atoms with Crippen LogP contribution in [-0.4, -0.2) is 26.3 Å². The van der Waals surface area contributed by atoms with Crippen molar-refractivity contribution in [2.45, 2.75) is 37.1 Å². The molecule has 27 heavy (non-hydrogen) atoms. The Balaban J connectivity index is 1.55. The lowest BCUT2D eigenvalue weighted by molar-refractivity contribution is -0.115. The van der Waals surface area contributed by atoms with Gasteiger partial charge in [-0.25, -0.2) is 4.98 Å². The number of hydrogen-bond acceptors (Lipinski definition) is 5. The maximum Gasteiger partial charge on any atom is 0.237 e. The summed E-state index contributed by atoms with van der Waals surface area (Å²) in [5.74, 6) is 2.47. The van der Waals surface area contributed by atoms with E-state index in [4.69, 9.17) is 4.74 Å². The first kappa shape index (κ1) is 19.0. The summed E-state index contributed by atoms with van der Waals surface area (Å²) in [6, 6.07) is 16.8. The van der Waals surface area contributed by atoms with Crippen LogP contribution in [0.25, 0.3) is 0 Å². The van der Waals surface area contributed by atoms with Gasteiger partial charge < -0.3 is 10.1 Å². The molecule has 140 valence electrons. The molecule has 0 bridgehead atoms. The molecule has 1 atom stereocenters. The molecule has 0 spiro atoms. The number of benzene rings is 2. The third-order valence-corrected chi connectivity index (χ3v) is 4.74. The molecule has 0 aliphatic rings. The van der Waals surface area contributed by atoms with E-state index in [2.05, 4.69) is 20.5 Å². The van der Waals surface area contributed by atoms with Crippen LogP contribution in [0, 0.1) is 0 Å². The van der Waals surface area contributed by atoms with Gasteiger partial charge in [0.1, 0.15) is 17.3 Å². The molecule has 1 heterocycles. The van der Waals surface area contributed by atoms with E-state index in [1.807, 2.05) is 75.4 Å². The molecule has 3 aromatic rings. The number of thioether (sulfide) groups is 1. The number of para-hydroxylation sites is 1. The molecule has 0 saturated heterocycles. The van der Waals surface area contributed by atoms with Crippen LogP contribution >= 0.6 is 11.8 Å². The van der Waals surface area contributed by atoms with Gasteiger partial charge in [0, 0.05) is 11.6 Å². The monoisotopic (exact) mass is 382 g/mol. The number of carbonyl (C=O) groups is 1. The fourth-order valence-electron chi connectivity index (χ4n) is 2.26.